The molecule has 0 amide bonds. The van der Waals surface area contributed by atoms with Crippen LogP contribution in [0.3, 0.4) is 0 Å². The van der Waals surface area contributed by atoms with Crippen molar-refractivity contribution in [2.24, 2.45) is 4.99 Å². The Kier molecular flexibility index (Phi) is 6.13. The third-order valence-electron chi connectivity index (χ3n) is 6.34. The standard InChI is InChI=1S/C30H28FN3/c1-3-4-13-24-22(16-10-18-27(24)31)20(2)32-30-26-15-7-8-19-28(26)33-29(34-30)25-17-9-12-21-11-5-6-14-23(21)25/h5-12,14-19,29,33H,2-4,13H2,1H3,(H,32,34). The molecule has 0 aliphatic carbocycles. The molecule has 0 fully saturated rings. The zero-order chi connectivity index (χ0) is 23.5. The Bertz CT molecular complexity index is 1380. The van der Waals surface area contributed by atoms with E-state index >= 15 is 0 Å². The summed E-state index contributed by atoms with van der Waals surface area (Å²) in [5.41, 5.74) is 5.22. The number of anilines is 1. The van der Waals surface area contributed by atoms with Crippen molar-refractivity contribution in [1.29, 1.82) is 0 Å². The molecule has 1 aliphatic heterocycles. The number of hydrogen-bond acceptors (Lipinski definition) is 3. The molecule has 4 aromatic rings. The highest BCUT2D eigenvalue weighted by atomic mass is 19.1. The lowest BCUT2D eigenvalue weighted by Gasteiger charge is -2.28. The van der Waals surface area contributed by atoms with Crippen LogP contribution in [0.5, 0.6) is 0 Å². The van der Waals surface area contributed by atoms with Crippen molar-refractivity contribution < 1.29 is 4.39 Å². The first kappa shape index (κ1) is 21.9. The van der Waals surface area contributed by atoms with Crippen molar-refractivity contribution in [3.8, 4) is 0 Å². The molecule has 1 atom stereocenters. The lowest BCUT2D eigenvalue weighted by Crippen LogP contribution is -2.30. The highest BCUT2D eigenvalue weighted by Crippen LogP contribution is 2.33. The molecule has 34 heavy (non-hydrogen) atoms. The lowest BCUT2D eigenvalue weighted by molar-refractivity contribution is 0.602. The number of nitrogens with one attached hydrogen (secondary N) is 2. The molecule has 5 rings (SSSR count). The van der Waals surface area contributed by atoms with E-state index in [2.05, 4.69) is 66.6 Å². The largest absolute Gasteiger partial charge is 0.359 e. The van der Waals surface area contributed by atoms with Crippen LogP contribution in [0, 0.1) is 5.82 Å². The predicted octanol–water partition coefficient (Wildman–Crippen LogP) is 7.45. The maximum Gasteiger partial charge on any atom is 0.147 e. The van der Waals surface area contributed by atoms with Gasteiger partial charge in [-0.3, -0.25) is 0 Å². The molecule has 1 aliphatic rings. The van der Waals surface area contributed by atoms with Crippen molar-refractivity contribution in [3.63, 3.8) is 0 Å². The van der Waals surface area contributed by atoms with Crippen molar-refractivity contribution in [3.05, 3.63) is 120 Å². The molecule has 1 heterocycles. The van der Waals surface area contributed by atoms with E-state index in [9.17, 15) is 4.39 Å². The lowest BCUT2D eigenvalue weighted by atomic mass is 9.98. The summed E-state index contributed by atoms with van der Waals surface area (Å²) in [6, 6.07) is 27.9. The molecule has 1 unspecified atom stereocenters. The van der Waals surface area contributed by atoms with Crippen LogP contribution in [0.25, 0.3) is 16.5 Å². The summed E-state index contributed by atoms with van der Waals surface area (Å²) < 4.78 is 14.7. The number of halogens is 1. The Balaban J connectivity index is 1.54. The number of hydrogen-bond donors (Lipinski definition) is 2. The molecule has 0 aromatic heterocycles. The number of fused-ring (bicyclic) bond motifs is 2. The fraction of sp³-hybridized carbons (Fsp3) is 0.167. The highest BCUT2D eigenvalue weighted by Gasteiger charge is 2.23. The molecule has 0 saturated carbocycles. The summed E-state index contributed by atoms with van der Waals surface area (Å²) in [6.07, 6.45) is 2.36. The van der Waals surface area contributed by atoms with E-state index in [4.69, 9.17) is 4.99 Å². The van der Waals surface area contributed by atoms with Gasteiger partial charge in [-0.15, -0.1) is 0 Å². The average molecular weight is 450 g/mol. The Hall–Kier alpha value is -3.92. The fourth-order valence-corrected chi connectivity index (χ4v) is 4.59. The summed E-state index contributed by atoms with van der Waals surface area (Å²) in [5, 5.41) is 9.35. The molecule has 2 N–H and O–H groups in total. The van der Waals surface area contributed by atoms with Gasteiger partial charge in [0.05, 0.1) is 0 Å². The summed E-state index contributed by atoms with van der Waals surface area (Å²) >= 11 is 0. The topological polar surface area (TPSA) is 36.4 Å². The zero-order valence-corrected chi connectivity index (χ0v) is 19.3. The third kappa shape index (κ3) is 4.19. The molecule has 0 radical (unpaired) electrons. The summed E-state index contributed by atoms with van der Waals surface area (Å²) in [6.45, 7) is 6.38. The van der Waals surface area contributed by atoms with Gasteiger partial charge in [-0.25, -0.2) is 9.38 Å². The van der Waals surface area contributed by atoms with Crippen LogP contribution in [0.4, 0.5) is 10.1 Å². The number of aliphatic imine (C=N–C) groups is 1. The van der Waals surface area contributed by atoms with Crippen LogP contribution in [0.15, 0.2) is 96.5 Å². The number of nitrogens with zero attached hydrogens (tertiary/aromatic N) is 1. The van der Waals surface area contributed by atoms with Gasteiger partial charge in [-0.2, -0.15) is 0 Å². The van der Waals surface area contributed by atoms with Gasteiger partial charge in [0.15, 0.2) is 0 Å². The van der Waals surface area contributed by atoms with E-state index in [0.29, 0.717) is 17.7 Å². The van der Waals surface area contributed by atoms with Crippen LogP contribution >= 0.6 is 0 Å². The first-order valence-corrected chi connectivity index (χ1v) is 11.8. The second-order valence-corrected chi connectivity index (χ2v) is 8.61. The monoisotopic (exact) mass is 449 g/mol. The van der Waals surface area contributed by atoms with Gasteiger partial charge >= 0.3 is 0 Å². The van der Waals surface area contributed by atoms with Crippen LogP contribution in [-0.2, 0) is 6.42 Å². The van der Waals surface area contributed by atoms with Crippen LogP contribution in [-0.4, -0.2) is 5.84 Å². The van der Waals surface area contributed by atoms with Gasteiger partial charge in [-0.05, 0) is 47.4 Å². The molecule has 0 spiro atoms. The Morgan fingerprint density at radius 1 is 0.971 bits per heavy atom. The van der Waals surface area contributed by atoms with E-state index in [0.717, 1.165) is 46.4 Å². The highest BCUT2D eigenvalue weighted by molar-refractivity contribution is 6.08. The molecule has 170 valence electrons. The Morgan fingerprint density at radius 3 is 2.62 bits per heavy atom. The SMILES string of the molecule is C=C(NC1=NC(c2cccc3ccccc23)Nc2ccccc21)c1cccc(F)c1CCCC. The summed E-state index contributed by atoms with van der Waals surface area (Å²) in [4.78, 5) is 5.06. The third-order valence-corrected chi connectivity index (χ3v) is 6.34. The van der Waals surface area contributed by atoms with Gasteiger partial charge in [0.25, 0.3) is 0 Å². The van der Waals surface area contributed by atoms with Gasteiger partial charge in [0.2, 0.25) is 0 Å². The van der Waals surface area contributed by atoms with Crippen molar-refractivity contribution in [2.75, 3.05) is 5.32 Å². The fourth-order valence-electron chi connectivity index (χ4n) is 4.59. The van der Waals surface area contributed by atoms with Crippen molar-refractivity contribution in [2.45, 2.75) is 32.4 Å². The Labute approximate surface area is 200 Å². The van der Waals surface area contributed by atoms with E-state index in [1.54, 1.807) is 6.07 Å². The number of rotatable bonds is 6. The quantitative estimate of drug-likeness (QED) is 0.321. The van der Waals surface area contributed by atoms with Gasteiger partial charge < -0.3 is 10.6 Å². The molecular formula is C30H28FN3. The molecule has 0 saturated heterocycles. The number of para-hydroxylation sites is 1. The minimum absolute atomic E-state index is 0.185. The van der Waals surface area contributed by atoms with Gasteiger partial charge in [0, 0.05) is 28.1 Å². The summed E-state index contributed by atoms with van der Waals surface area (Å²) in [7, 11) is 0. The van der Waals surface area contributed by atoms with Crippen LogP contribution in [0.1, 0.15) is 48.2 Å². The van der Waals surface area contributed by atoms with Crippen LogP contribution in [0.2, 0.25) is 0 Å². The van der Waals surface area contributed by atoms with Gasteiger partial charge in [-0.1, -0.05) is 86.7 Å². The molecule has 0 bridgehead atoms. The zero-order valence-electron chi connectivity index (χ0n) is 19.3. The first-order valence-electron chi connectivity index (χ1n) is 11.8. The Morgan fingerprint density at radius 2 is 1.74 bits per heavy atom. The van der Waals surface area contributed by atoms with Crippen molar-refractivity contribution >= 4 is 28.0 Å². The molecule has 3 nitrogen and oxygen atoms in total. The number of benzene rings is 4. The minimum atomic E-state index is -0.261. The van der Waals surface area contributed by atoms with E-state index in [1.165, 1.54) is 11.5 Å². The molecule has 4 aromatic carbocycles. The maximum absolute atomic E-state index is 14.7. The minimum Gasteiger partial charge on any atom is -0.359 e. The number of unbranched alkanes of at least 4 members (excludes halogenated alkanes) is 1. The second kappa shape index (κ2) is 9.52. The van der Waals surface area contributed by atoms with E-state index in [-0.39, 0.29) is 12.0 Å². The summed E-state index contributed by atoms with van der Waals surface area (Å²) in [5.74, 6) is 0.540. The van der Waals surface area contributed by atoms with Gasteiger partial charge in [0.1, 0.15) is 17.8 Å². The second-order valence-electron chi connectivity index (χ2n) is 8.61. The van der Waals surface area contributed by atoms with E-state index < -0.39 is 0 Å². The molecule has 4 heteroatoms. The smallest absolute Gasteiger partial charge is 0.147 e. The van der Waals surface area contributed by atoms with E-state index in [1.807, 2.05) is 30.3 Å². The maximum atomic E-state index is 14.7. The molecular weight excluding hydrogens is 421 g/mol. The normalized spacial score (nSPS) is 14.8. The average Bonchev–Trinajstić information content (AvgIpc) is 2.87. The van der Waals surface area contributed by atoms with Crippen molar-refractivity contribution in [1.82, 2.24) is 5.32 Å². The first-order chi connectivity index (χ1) is 16.7. The predicted molar refractivity (Wildman–Crippen MR) is 140 cm³/mol. The number of amidine groups is 1. The van der Waals surface area contributed by atoms with Crippen LogP contribution < -0.4 is 10.6 Å².